The highest BCUT2D eigenvalue weighted by Gasteiger charge is 2.33. The first-order valence-electron chi connectivity index (χ1n) is 13.4. The molecule has 3 aromatic carbocycles. The molecule has 0 aromatic heterocycles. The van der Waals surface area contributed by atoms with E-state index in [1.165, 1.54) is 62.4 Å². The molecule has 12 nitrogen and oxygen atoms in total. The Morgan fingerprint density at radius 2 is 1.49 bits per heavy atom. The van der Waals surface area contributed by atoms with Gasteiger partial charge in [0.1, 0.15) is 24.1 Å². The zero-order valence-corrected chi connectivity index (χ0v) is 25.8. The SMILES string of the molecule is COc1ccc(CN(C(=O)CN(c2ccc(OC)cc2)S(=O)(=O)c2ccc(C)c([N+](=O)[O-])c2)[C@H](C)C(=O)NC(C)C)cc1. The number of carbonyl (C=O) groups is 2. The van der Waals surface area contributed by atoms with Gasteiger partial charge < -0.3 is 19.7 Å². The number of nitro benzene ring substituents is 1. The Kier molecular flexibility index (Phi) is 10.7. The van der Waals surface area contributed by atoms with Crippen molar-refractivity contribution in [1.82, 2.24) is 10.2 Å². The third-order valence-corrected chi connectivity index (χ3v) is 8.48. The van der Waals surface area contributed by atoms with Crippen molar-refractivity contribution in [2.75, 3.05) is 25.1 Å². The molecule has 0 bridgehead atoms. The minimum atomic E-state index is -4.50. The van der Waals surface area contributed by atoms with Gasteiger partial charge in [-0.25, -0.2) is 8.42 Å². The van der Waals surface area contributed by atoms with E-state index in [0.717, 1.165) is 10.4 Å². The third-order valence-electron chi connectivity index (χ3n) is 6.71. The molecule has 3 aromatic rings. The smallest absolute Gasteiger partial charge is 0.273 e. The van der Waals surface area contributed by atoms with Crippen LogP contribution in [0.4, 0.5) is 11.4 Å². The number of anilines is 1. The molecule has 0 saturated carbocycles. The van der Waals surface area contributed by atoms with Crippen LogP contribution in [0.5, 0.6) is 11.5 Å². The molecule has 0 aliphatic carbocycles. The van der Waals surface area contributed by atoms with Crippen molar-refractivity contribution in [3.63, 3.8) is 0 Å². The number of sulfonamides is 1. The van der Waals surface area contributed by atoms with Gasteiger partial charge in [0.2, 0.25) is 11.8 Å². The largest absolute Gasteiger partial charge is 0.497 e. The number of carbonyl (C=O) groups excluding carboxylic acids is 2. The highest BCUT2D eigenvalue weighted by atomic mass is 32.2. The lowest BCUT2D eigenvalue weighted by molar-refractivity contribution is -0.385. The van der Waals surface area contributed by atoms with E-state index in [1.54, 1.807) is 45.0 Å². The number of nitro groups is 1. The third kappa shape index (κ3) is 8.01. The standard InChI is InChI=1S/C30H36N4O8S/c1-20(2)31-30(36)22(4)32(18-23-8-12-25(41-5)13-9-23)29(35)19-33(24-10-14-26(42-6)15-11-24)43(39,40)27-16-7-21(3)28(17-27)34(37)38/h7-17,20,22H,18-19H2,1-6H3,(H,31,36)/t22-/m1/s1. The number of ether oxygens (including phenoxy) is 2. The van der Waals surface area contributed by atoms with Crippen LogP contribution in [0.3, 0.4) is 0 Å². The van der Waals surface area contributed by atoms with E-state index < -0.39 is 39.3 Å². The van der Waals surface area contributed by atoms with Gasteiger partial charge in [-0.1, -0.05) is 18.2 Å². The van der Waals surface area contributed by atoms with Crippen molar-refractivity contribution in [2.45, 2.75) is 51.2 Å². The number of nitrogens with zero attached hydrogens (tertiary/aromatic N) is 3. The zero-order valence-electron chi connectivity index (χ0n) is 24.9. The first-order chi connectivity index (χ1) is 20.3. The first-order valence-corrected chi connectivity index (χ1v) is 14.9. The van der Waals surface area contributed by atoms with Crippen molar-refractivity contribution in [3.05, 3.63) is 88.0 Å². The Bertz CT molecular complexity index is 1560. The predicted octanol–water partition coefficient (Wildman–Crippen LogP) is 4.06. The summed E-state index contributed by atoms with van der Waals surface area (Å²) < 4.78 is 39.3. The Hall–Kier alpha value is -4.65. The van der Waals surface area contributed by atoms with Crippen molar-refractivity contribution >= 4 is 33.2 Å². The van der Waals surface area contributed by atoms with Crippen molar-refractivity contribution < 1.29 is 32.4 Å². The number of rotatable bonds is 13. The fourth-order valence-electron chi connectivity index (χ4n) is 4.27. The quantitative estimate of drug-likeness (QED) is 0.224. The molecule has 0 spiro atoms. The van der Waals surface area contributed by atoms with E-state index in [1.807, 2.05) is 0 Å². The van der Waals surface area contributed by atoms with Crippen LogP contribution >= 0.6 is 0 Å². The molecule has 0 fully saturated rings. The molecule has 230 valence electrons. The van der Waals surface area contributed by atoms with Gasteiger partial charge in [0, 0.05) is 24.2 Å². The first kappa shape index (κ1) is 32.9. The second-order valence-electron chi connectivity index (χ2n) is 10.1. The van der Waals surface area contributed by atoms with Crippen LogP contribution in [-0.4, -0.2) is 62.9 Å². The summed E-state index contributed by atoms with van der Waals surface area (Å²) in [7, 11) is -1.51. The summed E-state index contributed by atoms with van der Waals surface area (Å²) in [5, 5.41) is 14.4. The maximum absolute atomic E-state index is 14.0. The predicted molar refractivity (Wildman–Crippen MR) is 162 cm³/mol. The summed E-state index contributed by atoms with van der Waals surface area (Å²) in [6.45, 7) is 5.96. The molecule has 2 amide bonds. The molecule has 0 saturated heterocycles. The lowest BCUT2D eigenvalue weighted by Crippen LogP contribution is -2.52. The molecule has 0 radical (unpaired) electrons. The minimum absolute atomic E-state index is 0.00200. The van der Waals surface area contributed by atoms with E-state index >= 15 is 0 Å². The van der Waals surface area contributed by atoms with Crippen molar-refractivity contribution in [1.29, 1.82) is 0 Å². The molecular formula is C30H36N4O8S. The summed E-state index contributed by atoms with van der Waals surface area (Å²) in [5.74, 6) is -0.0113. The van der Waals surface area contributed by atoms with E-state index in [2.05, 4.69) is 5.32 Å². The summed E-state index contributed by atoms with van der Waals surface area (Å²) in [4.78, 5) is 38.9. The topological polar surface area (TPSA) is 148 Å². The van der Waals surface area contributed by atoms with Gasteiger partial charge in [0.05, 0.1) is 29.7 Å². The fourth-order valence-corrected chi connectivity index (χ4v) is 5.70. The van der Waals surface area contributed by atoms with Gasteiger partial charge in [0.15, 0.2) is 0 Å². The maximum Gasteiger partial charge on any atom is 0.273 e. The van der Waals surface area contributed by atoms with E-state index in [-0.39, 0.29) is 34.4 Å². The number of methoxy groups -OCH3 is 2. The molecule has 0 aliphatic rings. The van der Waals surface area contributed by atoms with E-state index in [9.17, 15) is 28.1 Å². The summed E-state index contributed by atoms with van der Waals surface area (Å²) >= 11 is 0. The monoisotopic (exact) mass is 612 g/mol. The van der Waals surface area contributed by atoms with E-state index in [4.69, 9.17) is 9.47 Å². The van der Waals surface area contributed by atoms with Crippen LogP contribution in [-0.2, 0) is 26.2 Å². The fraction of sp³-hybridized carbons (Fsp3) is 0.333. The summed E-state index contributed by atoms with van der Waals surface area (Å²) in [5.41, 5.74) is 0.723. The molecular weight excluding hydrogens is 576 g/mol. The highest BCUT2D eigenvalue weighted by Crippen LogP contribution is 2.29. The second-order valence-corrected chi connectivity index (χ2v) is 12.0. The molecule has 1 N–H and O–H groups in total. The minimum Gasteiger partial charge on any atom is -0.497 e. The zero-order chi connectivity index (χ0) is 31.9. The van der Waals surface area contributed by atoms with Crippen LogP contribution < -0.4 is 19.1 Å². The average Bonchev–Trinajstić information content (AvgIpc) is 2.98. The molecule has 0 unspecified atom stereocenters. The van der Waals surface area contributed by atoms with Crippen molar-refractivity contribution in [3.8, 4) is 11.5 Å². The van der Waals surface area contributed by atoms with Crippen LogP contribution in [0, 0.1) is 17.0 Å². The number of hydrogen-bond acceptors (Lipinski definition) is 8. The Labute approximate surface area is 251 Å². The van der Waals surface area contributed by atoms with E-state index in [0.29, 0.717) is 17.1 Å². The number of nitrogens with one attached hydrogen (secondary N) is 1. The average molecular weight is 613 g/mol. The van der Waals surface area contributed by atoms with Crippen molar-refractivity contribution in [2.24, 2.45) is 0 Å². The lowest BCUT2D eigenvalue weighted by atomic mass is 10.1. The summed E-state index contributed by atoms with van der Waals surface area (Å²) in [6.07, 6.45) is 0. The molecule has 0 aliphatic heterocycles. The van der Waals surface area contributed by atoms with Crippen LogP contribution in [0.2, 0.25) is 0 Å². The number of hydrogen-bond donors (Lipinski definition) is 1. The number of amides is 2. The Balaban J connectivity index is 2.08. The molecule has 1 atom stereocenters. The van der Waals surface area contributed by atoms with Gasteiger partial charge in [-0.2, -0.15) is 0 Å². The van der Waals surface area contributed by atoms with Gasteiger partial charge in [-0.05, 0) is 75.7 Å². The Morgan fingerprint density at radius 3 is 2.00 bits per heavy atom. The van der Waals surface area contributed by atoms with Gasteiger partial charge in [-0.15, -0.1) is 0 Å². The highest BCUT2D eigenvalue weighted by molar-refractivity contribution is 7.92. The van der Waals surface area contributed by atoms with Crippen LogP contribution in [0.15, 0.2) is 71.6 Å². The molecule has 3 rings (SSSR count). The van der Waals surface area contributed by atoms with Gasteiger partial charge >= 0.3 is 0 Å². The van der Waals surface area contributed by atoms with Crippen LogP contribution in [0.25, 0.3) is 0 Å². The normalized spacial score (nSPS) is 11.9. The molecule has 0 heterocycles. The number of aryl methyl sites for hydroxylation is 1. The Morgan fingerprint density at radius 1 is 0.930 bits per heavy atom. The second kappa shape index (κ2) is 14.0. The maximum atomic E-state index is 14.0. The lowest BCUT2D eigenvalue weighted by Gasteiger charge is -2.32. The van der Waals surface area contributed by atoms with Gasteiger partial charge in [-0.3, -0.25) is 24.0 Å². The molecule has 43 heavy (non-hydrogen) atoms. The van der Waals surface area contributed by atoms with Crippen LogP contribution in [0.1, 0.15) is 31.9 Å². The molecule has 13 heteroatoms. The van der Waals surface area contributed by atoms with Gasteiger partial charge in [0.25, 0.3) is 15.7 Å². The summed E-state index contributed by atoms with van der Waals surface area (Å²) in [6, 6.07) is 15.3. The number of benzene rings is 3.